The summed E-state index contributed by atoms with van der Waals surface area (Å²) in [4.78, 5) is 4.31. The van der Waals surface area contributed by atoms with Gasteiger partial charge in [-0.3, -0.25) is 4.99 Å². The van der Waals surface area contributed by atoms with Gasteiger partial charge < -0.3 is 20.5 Å². The van der Waals surface area contributed by atoms with Gasteiger partial charge in [0, 0.05) is 24.3 Å². The van der Waals surface area contributed by atoms with Crippen LogP contribution in [0.25, 0.3) is 0 Å². The first kappa shape index (κ1) is 19.3. The fraction of sp³-hybridized carbons (Fsp3) is 0.562. The Bertz CT molecular complexity index is 721. The predicted molar refractivity (Wildman–Crippen MR) is 98.8 cm³/mol. The Labute approximate surface area is 149 Å². The van der Waals surface area contributed by atoms with Gasteiger partial charge in [-0.1, -0.05) is 6.42 Å². The molecule has 9 heteroatoms. The highest BCUT2D eigenvalue weighted by molar-refractivity contribution is 7.88. The van der Waals surface area contributed by atoms with Crippen molar-refractivity contribution in [2.75, 3.05) is 38.9 Å². The zero-order valence-corrected chi connectivity index (χ0v) is 15.7. The van der Waals surface area contributed by atoms with Crippen LogP contribution in [0.15, 0.2) is 23.2 Å². The number of piperidine rings is 1. The maximum Gasteiger partial charge on any atom is 0.211 e. The van der Waals surface area contributed by atoms with Gasteiger partial charge in [0.05, 0.1) is 27.0 Å². The molecule has 8 nitrogen and oxygen atoms in total. The number of sulfonamides is 1. The number of rotatable bonds is 6. The van der Waals surface area contributed by atoms with Gasteiger partial charge in [0.15, 0.2) is 17.5 Å². The quantitative estimate of drug-likeness (QED) is 0.576. The van der Waals surface area contributed by atoms with Gasteiger partial charge in [-0.2, -0.15) is 4.31 Å². The van der Waals surface area contributed by atoms with E-state index >= 15 is 0 Å². The molecule has 1 aromatic rings. The first-order valence-electron chi connectivity index (χ1n) is 8.11. The standard InChI is InChI=1S/C16H26N4O4S/c1-23-14-8-7-12(10-15(14)24-2)19-16(17)18-11-13-6-4-5-9-20(13)25(3,21)22/h7-8,10,13H,4-6,9,11H2,1-3H3,(H3,17,18,19). The van der Waals surface area contributed by atoms with Crippen molar-refractivity contribution in [3.8, 4) is 11.5 Å². The number of nitrogens with one attached hydrogen (secondary N) is 1. The second-order valence-corrected chi connectivity index (χ2v) is 7.88. The van der Waals surface area contributed by atoms with Crippen LogP contribution in [-0.4, -0.2) is 58.3 Å². The summed E-state index contributed by atoms with van der Waals surface area (Å²) in [5.41, 5.74) is 6.65. The molecule has 25 heavy (non-hydrogen) atoms. The predicted octanol–water partition coefficient (Wildman–Crippen LogP) is 1.24. The molecular formula is C16H26N4O4S. The molecule has 0 radical (unpaired) electrons. The lowest BCUT2D eigenvalue weighted by Gasteiger charge is -2.32. The first-order chi connectivity index (χ1) is 11.8. The Morgan fingerprint density at radius 1 is 1.32 bits per heavy atom. The number of aliphatic imine (C=N–C) groups is 1. The molecule has 1 fully saturated rings. The Kier molecular flexibility index (Phi) is 6.49. The molecule has 140 valence electrons. The lowest BCUT2D eigenvalue weighted by molar-refractivity contribution is 0.259. The van der Waals surface area contributed by atoms with E-state index in [2.05, 4.69) is 10.3 Å². The fourth-order valence-electron chi connectivity index (χ4n) is 2.90. The molecule has 1 saturated heterocycles. The number of guanidine groups is 1. The van der Waals surface area contributed by atoms with E-state index in [-0.39, 0.29) is 12.0 Å². The summed E-state index contributed by atoms with van der Waals surface area (Å²) in [6.45, 7) is 0.876. The third-order valence-electron chi connectivity index (χ3n) is 4.13. The van der Waals surface area contributed by atoms with Crippen molar-refractivity contribution >= 4 is 21.7 Å². The van der Waals surface area contributed by atoms with E-state index < -0.39 is 10.0 Å². The molecule has 0 amide bonds. The monoisotopic (exact) mass is 370 g/mol. The molecule has 1 unspecified atom stereocenters. The van der Waals surface area contributed by atoms with E-state index in [0.29, 0.717) is 30.3 Å². The second-order valence-electron chi connectivity index (χ2n) is 5.94. The summed E-state index contributed by atoms with van der Waals surface area (Å²) in [6, 6.07) is 5.17. The number of methoxy groups -OCH3 is 2. The summed E-state index contributed by atoms with van der Waals surface area (Å²) in [5, 5.41) is 2.99. The lowest BCUT2D eigenvalue weighted by Crippen LogP contribution is -2.45. The average Bonchev–Trinajstić information content (AvgIpc) is 2.59. The highest BCUT2D eigenvalue weighted by Gasteiger charge is 2.28. The van der Waals surface area contributed by atoms with Crippen LogP contribution in [-0.2, 0) is 10.0 Å². The van der Waals surface area contributed by atoms with Crippen LogP contribution in [0, 0.1) is 0 Å². The van der Waals surface area contributed by atoms with E-state index in [9.17, 15) is 8.42 Å². The van der Waals surface area contributed by atoms with Gasteiger partial charge in [-0.15, -0.1) is 0 Å². The molecule has 0 aliphatic carbocycles. The van der Waals surface area contributed by atoms with E-state index in [0.717, 1.165) is 19.3 Å². The van der Waals surface area contributed by atoms with Crippen LogP contribution >= 0.6 is 0 Å². The van der Waals surface area contributed by atoms with Crippen LogP contribution in [0.2, 0.25) is 0 Å². The van der Waals surface area contributed by atoms with Gasteiger partial charge in [-0.05, 0) is 25.0 Å². The van der Waals surface area contributed by atoms with Gasteiger partial charge in [0.25, 0.3) is 0 Å². The third kappa shape index (κ3) is 5.23. The fourth-order valence-corrected chi connectivity index (χ4v) is 4.07. The molecule has 3 N–H and O–H groups in total. The normalized spacial score (nSPS) is 19.5. The van der Waals surface area contributed by atoms with E-state index in [4.69, 9.17) is 15.2 Å². The molecule has 2 rings (SSSR count). The number of nitrogens with two attached hydrogens (primary N) is 1. The van der Waals surface area contributed by atoms with Crippen molar-refractivity contribution in [1.82, 2.24) is 4.31 Å². The molecule has 0 spiro atoms. The van der Waals surface area contributed by atoms with Gasteiger partial charge in [0.1, 0.15) is 0 Å². The molecule has 1 aromatic carbocycles. The van der Waals surface area contributed by atoms with E-state index in [1.54, 1.807) is 32.4 Å². The second kappa shape index (κ2) is 8.39. The van der Waals surface area contributed by atoms with Crippen LogP contribution in [0.1, 0.15) is 19.3 Å². The number of hydrogen-bond acceptors (Lipinski definition) is 5. The van der Waals surface area contributed by atoms with Crippen LogP contribution < -0.4 is 20.5 Å². The molecule has 0 aromatic heterocycles. The zero-order valence-electron chi connectivity index (χ0n) is 14.9. The average molecular weight is 370 g/mol. The Hall–Kier alpha value is -2.00. The van der Waals surface area contributed by atoms with Gasteiger partial charge in [-0.25, -0.2) is 8.42 Å². The van der Waals surface area contributed by atoms with Crippen molar-refractivity contribution in [2.24, 2.45) is 10.7 Å². The van der Waals surface area contributed by atoms with E-state index in [1.165, 1.54) is 10.6 Å². The smallest absolute Gasteiger partial charge is 0.211 e. The molecular weight excluding hydrogens is 344 g/mol. The first-order valence-corrected chi connectivity index (χ1v) is 9.95. The van der Waals surface area contributed by atoms with Crippen molar-refractivity contribution in [1.29, 1.82) is 0 Å². The number of nitrogens with zero attached hydrogens (tertiary/aromatic N) is 2. The van der Waals surface area contributed by atoms with E-state index in [1.807, 2.05) is 0 Å². The summed E-state index contributed by atoms with van der Waals surface area (Å²) in [5.74, 6) is 1.43. The third-order valence-corrected chi connectivity index (χ3v) is 5.46. The van der Waals surface area contributed by atoms with Crippen molar-refractivity contribution < 1.29 is 17.9 Å². The molecule has 1 aliphatic heterocycles. The van der Waals surface area contributed by atoms with Crippen molar-refractivity contribution in [3.63, 3.8) is 0 Å². The zero-order chi connectivity index (χ0) is 18.4. The summed E-state index contributed by atoms with van der Waals surface area (Å²) < 4.78 is 35.7. The number of benzene rings is 1. The highest BCUT2D eigenvalue weighted by atomic mass is 32.2. The van der Waals surface area contributed by atoms with Crippen molar-refractivity contribution in [3.05, 3.63) is 18.2 Å². The van der Waals surface area contributed by atoms with Crippen molar-refractivity contribution in [2.45, 2.75) is 25.3 Å². The Balaban J connectivity index is 2.04. The topological polar surface area (TPSA) is 106 Å². The summed E-state index contributed by atoms with van der Waals surface area (Å²) >= 11 is 0. The number of anilines is 1. The van der Waals surface area contributed by atoms with Gasteiger partial charge >= 0.3 is 0 Å². The molecule has 1 heterocycles. The minimum atomic E-state index is -3.23. The Morgan fingerprint density at radius 3 is 2.68 bits per heavy atom. The Morgan fingerprint density at radius 2 is 2.04 bits per heavy atom. The van der Waals surface area contributed by atoms with Crippen LogP contribution in [0.5, 0.6) is 11.5 Å². The molecule has 1 aliphatic rings. The molecule has 0 saturated carbocycles. The molecule has 0 bridgehead atoms. The SMILES string of the molecule is COc1ccc(NC(N)=NCC2CCCCN2S(C)(=O)=O)cc1OC. The lowest BCUT2D eigenvalue weighted by atomic mass is 10.1. The largest absolute Gasteiger partial charge is 0.493 e. The highest BCUT2D eigenvalue weighted by Crippen LogP contribution is 2.29. The summed E-state index contributed by atoms with van der Waals surface area (Å²) in [6.07, 6.45) is 3.91. The maximum absolute atomic E-state index is 11.9. The minimum Gasteiger partial charge on any atom is -0.493 e. The van der Waals surface area contributed by atoms with Crippen LogP contribution in [0.3, 0.4) is 0 Å². The van der Waals surface area contributed by atoms with Gasteiger partial charge in [0.2, 0.25) is 10.0 Å². The maximum atomic E-state index is 11.9. The number of hydrogen-bond donors (Lipinski definition) is 2. The minimum absolute atomic E-state index is 0.144. The molecule has 1 atom stereocenters. The summed E-state index contributed by atoms with van der Waals surface area (Å²) in [7, 11) is -0.101. The van der Waals surface area contributed by atoms with Crippen LogP contribution in [0.4, 0.5) is 5.69 Å². The number of ether oxygens (including phenoxy) is 2.